The Kier molecular flexibility index (Phi) is 11.6. The van der Waals surface area contributed by atoms with Crippen LogP contribution in [0.25, 0.3) is 12.2 Å². The van der Waals surface area contributed by atoms with Crippen LogP contribution in [0.1, 0.15) is 11.1 Å². The number of carbonyl (C=O) groups excluding carboxylic acids is 1. The maximum absolute atomic E-state index is 11.5. The fourth-order valence-electron chi connectivity index (χ4n) is 2.27. The molecule has 4 rings (SSSR count). The lowest BCUT2D eigenvalue weighted by Crippen LogP contribution is -2.08. The zero-order valence-electron chi connectivity index (χ0n) is 18.7. The normalized spacial score (nSPS) is 9.94. The minimum Gasteiger partial charge on any atom is -0.478 e. The first-order chi connectivity index (χ1) is 17.0. The number of hydrogen-bond donors (Lipinski definition) is 3. The Morgan fingerprint density at radius 2 is 1.34 bits per heavy atom. The Morgan fingerprint density at radius 3 is 1.77 bits per heavy atom. The van der Waals surface area contributed by atoms with Crippen molar-refractivity contribution in [3.8, 4) is 0 Å². The summed E-state index contributed by atoms with van der Waals surface area (Å²) in [5, 5.41) is 10.9. The molecule has 0 unspecified atom stereocenters. The average molecular weight is 469 g/mol. The zero-order chi connectivity index (χ0) is 25.1. The van der Waals surface area contributed by atoms with Crippen LogP contribution in [0.5, 0.6) is 0 Å². The van der Waals surface area contributed by atoms with E-state index >= 15 is 0 Å². The fourth-order valence-corrected chi connectivity index (χ4v) is 2.27. The Morgan fingerprint density at radius 1 is 0.743 bits per heavy atom. The standard InChI is InChI=1S/C13H11N3O.C8H7NO2.C5H6N2/c17-13(16-12-5-1-2-9-15-12)7-6-11-4-3-8-14-10-11;10-8(11)4-3-7-2-1-5-9-6-7;6-5-3-1-2-4-7-5/h1-10H,(H,15,16,17);1-6H,(H,10,11);1-4H,(H2,6,7)/b7-6+;4-3+;. The molecular formula is C26H24N6O3. The van der Waals surface area contributed by atoms with E-state index < -0.39 is 5.97 Å². The van der Waals surface area contributed by atoms with Crippen molar-refractivity contribution in [2.75, 3.05) is 11.1 Å². The van der Waals surface area contributed by atoms with E-state index in [2.05, 4.69) is 25.3 Å². The quantitative estimate of drug-likeness (QED) is 0.373. The summed E-state index contributed by atoms with van der Waals surface area (Å²) in [4.78, 5) is 37.1. The first-order valence-corrected chi connectivity index (χ1v) is 10.3. The van der Waals surface area contributed by atoms with Crippen LogP contribution < -0.4 is 11.1 Å². The molecule has 1 amide bonds. The molecule has 176 valence electrons. The minimum atomic E-state index is -0.950. The van der Waals surface area contributed by atoms with Crippen molar-refractivity contribution >= 4 is 35.7 Å². The fraction of sp³-hybridized carbons (Fsp3) is 0. The summed E-state index contributed by atoms with van der Waals surface area (Å²) in [7, 11) is 0. The number of aromatic nitrogens is 4. The van der Waals surface area contributed by atoms with Crippen molar-refractivity contribution in [2.24, 2.45) is 0 Å². The first-order valence-electron chi connectivity index (χ1n) is 10.3. The Balaban J connectivity index is 0.000000205. The lowest BCUT2D eigenvalue weighted by molar-refractivity contribution is -0.131. The highest BCUT2D eigenvalue weighted by Gasteiger charge is 1.97. The third-order valence-electron chi connectivity index (χ3n) is 3.82. The number of carboxylic acids is 1. The molecular weight excluding hydrogens is 444 g/mol. The van der Waals surface area contributed by atoms with Gasteiger partial charge in [0.25, 0.3) is 0 Å². The number of carbonyl (C=O) groups is 2. The van der Waals surface area contributed by atoms with Crippen LogP contribution in [0.2, 0.25) is 0 Å². The zero-order valence-corrected chi connectivity index (χ0v) is 18.7. The van der Waals surface area contributed by atoms with Gasteiger partial charge in [0.2, 0.25) is 5.91 Å². The molecule has 0 aliphatic carbocycles. The van der Waals surface area contributed by atoms with Gasteiger partial charge in [-0.1, -0.05) is 24.3 Å². The number of hydrogen-bond acceptors (Lipinski definition) is 7. The van der Waals surface area contributed by atoms with E-state index in [1.807, 2.05) is 30.3 Å². The second kappa shape index (κ2) is 15.6. The third-order valence-corrected chi connectivity index (χ3v) is 3.82. The van der Waals surface area contributed by atoms with Crippen LogP contribution in [0.3, 0.4) is 0 Å². The summed E-state index contributed by atoms with van der Waals surface area (Å²) in [5.74, 6) is -0.0581. The van der Waals surface area contributed by atoms with E-state index in [0.717, 1.165) is 17.2 Å². The van der Waals surface area contributed by atoms with Crippen molar-refractivity contribution in [2.45, 2.75) is 0 Å². The summed E-state index contributed by atoms with van der Waals surface area (Å²) in [5.41, 5.74) is 6.91. The van der Waals surface area contributed by atoms with Gasteiger partial charge in [-0.3, -0.25) is 14.8 Å². The number of rotatable bonds is 5. The Labute approximate surface area is 202 Å². The molecule has 9 nitrogen and oxygen atoms in total. The van der Waals surface area contributed by atoms with E-state index in [1.54, 1.807) is 73.6 Å². The summed E-state index contributed by atoms with van der Waals surface area (Å²) in [6.07, 6.45) is 15.6. The number of pyridine rings is 4. The van der Waals surface area contributed by atoms with Gasteiger partial charge in [-0.25, -0.2) is 14.8 Å². The van der Waals surface area contributed by atoms with Crippen LogP contribution in [-0.2, 0) is 9.59 Å². The van der Waals surface area contributed by atoms with Crippen LogP contribution in [-0.4, -0.2) is 36.9 Å². The monoisotopic (exact) mass is 468 g/mol. The van der Waals surface area contributed by atoms with Gasteiger partial charge < -0.3 is 16.2 Å². The van der Waals surface area contributed by atoms with E-state index in [-0.39, 0.29) is 5.91 Å². The predicted octanol–water partition coefficient (Wildman–Crippen LogP) is 3.97. The second-order valence-electron chi connectivity index (χ2n) is 6.54. The van der Waals surface area contributed by atoms with E-state index in [1.165, 1.54) is 12.2 Å². The molecule has 0 aliphatic rings. The number of nitrogens with one attached hydrogen (secondary N) is 1. The van der Waals surface area contributed by atoms with Gasteiger partial charge in [0.05, 0.1) is 0 Å². The summed E-state index contributed by atoms with van der Waals surface area (Å²) >= 11 is 0. The van der Waals surface area contributed by atoms with Crippen molar-refractivity contribution in [1.29, 1.82) is 0 Å². The molecule has 35 heavy (non-hydrogen) atoms. The van der Waals surface area contributed by atoms with Gasteiger partial charge in [-0.05, 0) is 59.7 Å². The average Bonchev–Trinajstić information content (AvgIpc) is 2.89. The molecule has 0 aromatic carbocycles. The molecule has 0 saturated heterocycles. The Hall–Kier alpha value is -5.18. The number of nitrogen functional groups attached to an aromatic ring is 1. The van der Waals surface area contributed by atoms with E-state index in [4.69, 9.17) is 10.8 Å². The number of amides is 1. The molecule has 0 spiro atoms. The van der Waals surface area contributed by atoms with Crippen LogP contribution in [0, 0.1) is 0 Å². The maximum atomic E-state index is 11.5. The van der Waals surface area contributed by atoms with Gasteiger partial charge in [-0.15, -0.1) is 0 Å². The lowest BCUT2D eigenvalue weighted by atomic mass is 10.2. The van der Waals surface area contributed by atoms with E-state index in [9.17, 15) is 9.59 Å². The van der Waals surface area contributed by atoms with Crippen molar-refractivity contribution < 1.29 is 14.7 Å². The SMILES string of the molecule is Nc1ccccn1.O=C(/C=C/c1cccnc1)Nc1ccccn1.O=C(O)/C=C/c1cccnc1. The number of carboxylic acid groups (broad SMARTS) is 1. The van der Waals surface area contributed by atoms with Crippen LogP contribution in [0.4, 0.5) is 11.6 Å². The molecule has 4 aromatic rings. The number of aliphatic carboxylic acids is 1. The van der Waals surface area contributed by atoms with E-state index in [0.29, 0.717) is 11.6 Å². The highest BCUT2D eigenvalue weighted by Crippen LogP contribution is 2.02. The molecule has 0 radical (unpaired) electrons. The van der Waals surface area contributed by atoms with Gasteiger partial charge >= 0.3 is 5.97 Å². The second-order valence-corrected chi connectivity index (χ2v) is 6.54. The van der Waals surface area contributed by atoms with Gasteiger partial charge in [0.15, 0.2) is 0 Å². The Bertz CT molecular complexity index is 1200. The molecule has 0 aliphatic heterocycles. The lowest BCUT2D eigenvalue weighted by Gasteiger charge is -1.99. The third kappa shape index (κ3) is 12.4. The maximum Gasteiger partial charge on any atom is 0.328 e. The molecule has 4 aromatic heterocycles. The summed E-state index contributed by atoms with van der Waals surface area (Å²) in [6.45, 7) is 0. The number of nitrogens with two attached hydrogens (primary N) is 1. The highest BCUT2D eigenvalue weighted by molar-refractivity contribution is 6.01. The number of nitrogens with zero attached hydrogens (tertiary/aromatic N) is 4. The van der Waals surface area contributed by atoms with Gasteiger partial charge in [0, 0.05) is 49.3 Å². The molecule has 0 saturated carbocycles. The highest BCUT2D eigenvalue weighted by atomic mass is 16.4. The van der Waals surface area contributed by atoms with Crippen LogP contribution in [0.15, 0.2) is 110 Å². The summed E-state index contributed by atoms with van der Waals surface area (Å²) in [6, 6.07) is 18.0. The van der Waals surface area contributed by atoms with Crippen molar-refractivity contribution in [3.63, 3.8) is 0 Å². The predicted molar refractivity (Wildman–Crippen MR) is 136 cm³/mol. The smallest absolute Gasteiger partial charge is 0.328 e. The molecule has 4 N–H and O–H groups in total. The van der Waals surface area contributed by atoms with Crippen molar-refractivity contribution in [1.82, 2.24) is 19.9 Å². The molecule has 0 bridgehead atoms. The molecule has 0 fully saturated rings. The molecule has 9 heteroatoms. The first kappa shape index (κ1) is 26.1. The molecule has 4 heterocycles. The minimum absolute atomic E-state index is 0.215. The van der Waals surface area contributed by atoms with Crippen LogP contribution >= 0.6 is 0 Å². The van der Waals surface area contributed by atoms with Crippen molar-refractivity contribution in [3.05, 3.63) is 121 Å². The largest absolute Gasteiger partial charge is 0.478 e. The summed E-state index contributed by atoms with van der Waals surface area (Å²) < 4.78 is 0. The topological polar surface area (TPSA) is 144 Å². The van der Waals surface area contributed by atoms with Gasteiger partial charge in [-0.2, -0.15) is 0 Å². The van der Waals surface area contributed by atoms with Gasteiger partial charge in [0.1, 0.15) is 11.6 Å². The molecule has 0 atom stereocenters. The number of anilines is 2.